The van der Waals surface area contributed by atoms with Crippen LogP contribution in [0.15, 0.2) is 0 Å². The molecule has 1 N–H and O–H groups in total. The van der Waals surface area contributed by atoms with E-state index in [2.05, 4.69) is 44.8 Å². The molecule has 118 valence electrons. The zero-order chi connectivity index (χ0) is 14.8. The van der Waals surface area contributed by atoms with Gasteiger partial charge in [-0.25, -0.2) is 0 Å². The second kappa shape index (κ2) is 6.79. The van der Waals surface area contributed by atoms with Gasteiger partial charge in [-0.3, -0.25) is 4.90 Å². The van der Waals surface area contributed by atoms with E-state index in [1.54, 1.807) is 0 Å². The van der Waals surface area contributed by atoms with Crippen LogP contribution in [0.2, 0.25) is 0 Å². The molecule has 4 atom stereocenters. The minimum absolute atomic E-state index is 0.443. The highest BCUT2D eigenvalue weighted by molar-refractivity contribution is 5.00. The fraction of sp³-hybridized carbons (Fsp3) is 1.00. The second-order valence-corrected chi connectivity index (χ2v) is 8.11. The van der Waals surface area contributed by atoms with Crippen molar-refractivity contribution in [3.63, 3.8) is 0 Å². The van der Waals surface area contributed by atoms with Gasteiger partial charge in [0.25, 0.3) is 0 Å². The van der Waals surface area contributed by atoms with Gasteiger partial charge in [-0.05, 0) is 56.9 Å². The molecule has 0 amide bonds. The summed E-state index contributed by atoms with van der Waals surface area (Å²) in [5, 5.41) is 3.90. The number of rotatable bonds is 4. The number of hydrogen-bond donors (Lipinski definition) is 1. The van der Waals surface area contributed by atoms with E-state index in [9.17, 15) is 0 Å². The Hall–Kier alpha value is -0.0800. The van der Waals surface area contributed by atoms with Gasteiger partial charge >= 0.3 is 0 Å². The molecule has 0 aromatic carbocycles. The van der Waals surface area contributed by atoms with Gasteiger partial charge in [0.1, 0.15) is 0 Å². The number of hydrogen-bond acceptors (Lipinski definition) is 2. The molecule has 0 bridgehead atoms. The van der Waals surface area contributed by atoms with Crippen LogP contribution in [0.5, 0.6) is 0 Å². The number of likely N-dealkylation sites (tertiary alicyclic amines) is 1. The van der Waals surface area contributed by atoms with E-state index in [-0.39, 0.29) is 0 Å². The van der Waals surface area contributed by atoms with Crippen LogP contribution in [-0.4, -0.2) is 36.1 Å². The van der Waals surface area contributed by atoms with Crippen LogP contribution in [0, 0.1) is 11.3 Å². The second-order valence-electron chi connectivity index (χ2n) is 8.11. The fourth-order valence-electron chi connectivity index (χ4n) is 4.46. The molecular weight excluding hydrogens is 244 g/mol. The van der Waals surface area contributed by atoms with Crippen LogP contribution in [0.1, 0.15) is 73.1 Å². The first-order valence-corrected chi connectivity index (χ1v) is 8.95. The first-order valence-electron chi connectivity index (χ1n) is 8.95. The van der Waals surface area contributed by atoms with Gasteiger partial charge in [0.05, 0.1) is 0 Å². The molecule has 4 unspecified atom stereocenters. The summed E-state index contributed by atoms with van der Waals surface area (Å²) in [5.41, 5.74) is 0.443. The Balaban J connectivity index is 2.12. The van der Waals surface area contributed by atoms with Crippen LogP contribution in [0.3, 0.4) is 0 Å². The van der Waals surface area contributed by atoms with Crippen molar-refractivity contribution in [2.75, 3.05) is 13.1 Å². The molecule has 2 rings (SSSR count). The quantitative estimate of drug-likeness (QED) is 0.835. The molecule has 0 aromatic rings. The molecule has 20 heavy (non-hydrogen) atoms. The number of nitrogens with one attached hydrogen (secondary N) is 1. The molecule has 0 spiro atoms. The Morgan fingerprint density at radius 2 is 1.90 bits per heavy atom. The van der Waals surface area contributed by atoms with Crippen molar-refractivity contribution in [3.05, 3.63) is 0 Å². The van der Waals surface area contributed by atoms with Gasteiger partial charge in [-0.2, -0.15) is 0 Å². The van der Waals surface area contributed by atoms with E-state index in [4.69, 9.17) is 0 Å². The van der Waals surface area contributed by atoms with Crippen LogP contribution in [0.4, 0.5) is 0 Å². The standard InChI is InChI=1S/C18H36N2/c1-6-12-19-17-16(8-7-11-18(17,4)5)20-13-14(2)9-10-15(20)3/h14-17,19H,6-13H2,1-5H3. The SMILES string of the molecule is CCCNC1C(N2CC(C)CCC2C)CCCC1(C)C. The van der Waals surface area contributed by atoms with Crippen LogP contribution < -0.4 is 5.32 Å². The lowest BCUT2D eigenvalue weighted by atomic mass is 9.69. The highest BCUT2D eigenvalue weighted by Gasteiger charge is 2.43. The molecule has 1 aliphatic carbocycles. The van der Waals surface area contributed by atoms with Crippen molar-refractivity contribution >= 4 is 0 Å². The lowest BCUT2D eigenvalue weighted by Crippen LogP contribution is -2.62. The predicted octanol–water partition coefficient (Wildman–Crippen LogP) is 4.05. The Bertz CT molecular complexity index is 300. The summed E-state index contributed by atoms with van der Waals surface area (Å²) >= 11 is 0. The molecular formula is C18H36N2. The lowest BCUT2D eigenvalue weighted by Gasteiger charge is -2.52. The van der Waals surface area contributed by atoms with Crippen molar-refractivity contribution < 1.29 is 0 Å². The van der Waals surface area contributed by atoms with Gasteiger partial charge in [-0.1, -0.05) is 34.1 Å². The Morgan fingerprint density at radius 1 is 1.15 bits per heavy atom. The maximum atomic E-state index is 3.90. The Morgan fingerprint density at radius 3 is 2.60 bits per heavy atom. The highest BCUT2D eigenvalue weighted by Crippen LogP contribution is 2.40. The number of piperidine rings is 1. The van der Waals surface area contributed by atoms with Crippen LogP contribution >= 0.6 is 0 Å². The third-order valence-corrected chi connectivity index (χ3v) is 5.75. The lowest BCUT2D eigenvalue weighted by molar-refractivity contribution is -0.000637. The monoisotopic (exact) mass is 280 g/mol. The van der Waals surface area contributed by atoms with E-state index in [1.165, 1.54) is 51.6 Å². The molecule has 1 saturated carbocycles. The van der Waals surface area contributed by atoms with E-state index in [1.807, 2.05) is 0 Å². The van der Waals surface area contributed by atoms with Gasteiger partial charge in [0.2, 0.25) is 0 Å². The zero-order valence-corrected chi connectivity index (χ0v) is 14.4. The molecule has 2 fully saturated rings. The first kappa shape index (κ1) is 16.3. The largest absolute Gasteiger partial charge is 0.312 e. The van der Waals surface area contributed by atoms with E-state index in [0.29, 0.717) is 11.5 Å². The molecule has 2 nitrogen and oxygen atoms in total. The van der Waals surface area contributed by atoms with Crippen LogP contribution in [-0.2, 0) is 0 Å². The van der Waals surface area contributed by atoms with Crippen molar-refractivity contribution in [1.29, 1.82) is 0 Å². The van der Waals surface area contributed by atoms with Gasteiger partial charge in [0.15, 0.2) is 0 Å². The molecule has 1 aliphatic heterocycles. The minimum atomic E-state index is 0.443. The minimum Gasteiger partial charge on any atom is -0.312 e. The molecule has 0 radical (unpaired) electrons. The van der Waals surface area contributed by atoms with E-state index in [0.717, 1.165) is 18.0 Å². The Kier molecular flexibility index (Phi) is 5.53. The highest BCUT2D eigenvalue weighted by atomic mass is 15.2. The molecule has 2 aliphatic rings. The van der Waals surface area contributed by atoms with Gasteiger partial charge in [-0.15, -0.1) is 0 Å². The summed E-state index contributed by atoms with van der Waals surface area (Å²) in [6.45, 7) is 14.6. The zero-order valence-electron chi connectivity index (χ0n) is 14.4. The van der Waals surface area contributed by atoms with E-state index >= 15 is 0 Å². The van der Waals surface area contributed by atoms with Crippen LogP contribution in [0.25, 0.3) is 0 Å². The first-order chi connectivity index (χ1) is 9.45. The predicted molar refractivity (Wildman–Crippen MR) is 88.1 cm³/mol. The summed E-state index contributed by atoms with van der Waals surface area (Å²) in [7, 11) is 0. The maximum absolute atomic E-state index is 3.90. The third-order valence-electron chi connectivity index (χ3n) is 5.75. The van der Waals surface area contributed by atoms with Gasteiger partial charge in [0, 0.05) is 24.7 Å². The average molecular weight is 280 g/mol. The van der Waals surface area contributed by atoms with Crippen molar-refractivity contribution in [3.8, 4) is 0 Å². The molecule has 1 heterocycles. The summed E-state index contributed by atoms with van der Waals surface area (Å²) in [4.78, 5) is 2.85. The molecule has 0 aromatic heterocycles. The fourth-order valence-corrected chi connectivity index (χ4v) is 4.46. The summed E-state index contributed by atoms with van der Waals surface area (Å²) in [6, 6.07) is 2.20. The molecule has 2 heteroatoms. The average Bonchev–Trinajstić information content (AvgIpc) is 2.39. The van der Waals surface area contributed by atoms with E-state index < -0.39 is 0 Å². The Labute approximate surface area is 126 Å². The van der Waals surface area contributed by atoms with Crippen molar-refractivity contribution in [2.45, 2.75) is 91.3 Å². The maximum Gasteiger partial charge on any atom is 0.0274 e. The summed E-state index contributed by atoms with van der Waals surface area (Å²) in [6.07, 6.45) is 8.22. The topological polar surface area (TPSA) is 15.3 Å². The summed E-state index contributed by atoms with van der Waals surface area (Å²) in [5.74, 6) is 0.878. The van der Waals surface area contributed by atoms with Gasteiger partial charge < -0.3 is 5.32 Å². The molecule has 1 saturated heterocycles. The normalized spacial score (nSPS) is 38.9. The third kappa shape index (κ3) is 3.57. The smallest absolute Gasteiger partial charge is 0.0274 e. The number of nitrogens with zero attached hydrogens (tertiary/aromatic N) is 1. The van der Waals surface area contributed by atoms with Crippen molar-refractivity contribution in [2.24, 2.45) is 11.3 Å². The van der Waals surface area contributed by atoms with Crippen molar-refractivity contribution in [1.82, 2.24) is 10.2 Å². The summed E-state index contributed by atoms with van der Waals surface area (Å²) < 4.78 is 0.